The van der Waals surface area contributed by atoms with Gasteiger partial charge in [-0.25, -0.2) is 0 Å². The highest BCUT2D eigenvalue weighted by molar-refractivity contribution is 7.80. The van der Waals surface area contributed by atoms with E-state index in [1.165, 1.54) is 31.9 Å². The molecule has 2 aromatic rings. The highest BCUT2D eigenvalue weighted by atomic mass is 35.5. The molecule has 144 valence electrons. The predicted octanol–water partition coefficient (Wildman–Crippen LogP) is 4.11. The number of rotatable bonds is 5. The molecule has 1 amide bonds. The number of methoxy groups -OCH3 is 2. The topological polar surface area (TPSA) is 71.6 Å². The van der Waals surface area contributed by atoms with Crippen LogP contribution < -0.4 is 25.6 Å². The van der Waals surface area contributed by atoms with E-state index in [0.29, 0.717) is 23.0 Å². The van der Waals surface area contributed by atoms with Gasteiger partial charge in [0.2, 0.25) is 0 Å². The number of anilines is 1. The highest BCUT2D eigenvalue weighted by Gasteiger charge is 2.15. The second kappa shape index (κ2) is 9.43. The van der Waals surface area contributed by atoms with Crippen molar-refractivity contribution in [2.75, 3.05) is 19.5 Å². The Balaban J connectivity index is 1.96. The minimum Gasteiger partial charge on any atom is -0.493 e. The number of halogens is 1. The van der Waals surface area contributed by atoms with Gasteiger partial charge in [0.1, 0.15) is 0 Å². The zero-order valence-corrected chi connectivity index (χ0v) is 17.1. The Labute approximate surface area is 169 Å². The maximum atomic E-state index is 12.3. The Bertz CT molecular complexity index is 826. The molecule has 0 unspecified atom stereocenters. The van der Waals surface area contributed by atoms with E-state index >= 15 is 0 Å². The van der Waals surface area contributed by atoms with Gasteiger partial charge in [0.05, 0.1) is 19.2 Å². The number of carbonyl (C=O) groups is 1. The Morgan fingerprint density at radius 3 is 2.30 bits per heavy atom. The summed E-state index contributed by atoms with van der Waals surface area (Å²) in [5, 5.41) is 3.53. The van der Waals surface area contributed by atoms with Crippen LogP contribution in [0.4, 0.5) is 5.69 Å². The van der Waals surface area contributed by atoms with Gasteiger partial charge in [0, 0.05) is 11.3 Å². The Morgan fingerprint density at radius 2 is 1.74 bits per heavy atom. The molecule has 0 fully saturated rings. The monoisotopic (exact) mass is 407 g/mol. The molecule has 0 aliphatic heterocycles. The van der Waals surface area contributed by atoms with Crippen LogP contribution in [0.5, 0.6) is 11.5 Å². The van der Waals surface area contributed by atoms with Gasteiger partial charge in [-0.05, 0) is 48.0 Å². The first-order valence-electron chi connectivity index (χ1n) is 8.24. The summed E-state index contributed by atoms with van der Waals surface area (Å²) in [5.41, 5.74) is 7.53. The summed E-state index contributed by atoms with van der Waals surface area (Å²) >= 11 is 11.3. The van der Waals surface area contributed by atoms with Crippen LogP contribution >= 0.6 is 23.8 Å². The average molecular weight is 408 g/mol. The van der Waals surface area contributed by atoms with E-state index in [9.17, 15) is 4.79 Å². The first kappa shape index (κ1) is 20.8. The van der Waals surface area contributed by atoms with Crippen molar-refractivity contribution >= 4 is 40.5 Å². The zero-order valence-electron chi connectivity index (χ0n) is 15.6. The van der Waals surface area contributed by atoms with E-state index in [-0.39, 0.29) is 10.1 Å². The highest BCUT2D eigenvalue weighted by Crippen LogP contribution is 2.35. The van der Waals surface area contributed by atoms with Gasteiger partial charge < -0.3 is 14.8 Å². The molecule has 0 atom stereocenters. The van der Waals surface area contributed by atoms with Crippen molar-refractivity contribution < 1.29 is 14.3 Å². The third kappa shape index (κ3) is 5.48. The number of benzene rings is 2. The third-order valence-electron chi connectivity index (χ3n) is 3.82. The van der Waals surface area contributed by atoms with Crippen LogP contribution in [0.2, 0.25) is 5.02 Å². The number of carbonyl (C=O) groups excluding carboxylic acids is 1. The summed E-state index contributed by atoms with van der Waals surface area (Å²) in [5.74, 6) is 0.765. The lowest BCUT2D eigenvalue weighted by molar-refractivity contribution is 0.0943. The molecule has 0 aliphatic rings. The van der Waals surface area contributed by atoms with Crippen LogP contribution in [-0.2, 0) is 0 Å². The summed E-state index contributed by atoms with van der Waals surface area (Å²) in [7, 11) is 2.95. The zero-order chi connectivity index (χ0) is 20.0. The molecule has 0 saturated heterocycles. The molecule has 0 saturated carbocycles. The first-order chi connectivity index (χ1) is 12.8. The summed E-state index contributed by atoms with van der Waals surface area (Å²) in [6.45, 7) is 4.26. The van der Waals surface area contributed by atoms with Crippen LogP contribution in [0.3, 0.4) is 0 Å². The number of hydrazine groups is 1. The largest absolute Gasteiger partial charge is 0.493 e. The lowest BCUT2D eigenvalue weighted by atomic mass is 10.0. The van der Waals surface area contributed by atoms with Gasteiger partial charge in [-0.3, -0.25) is 15.6 Å². The normalized spacial score (nSPS) is 10.3. The summed E-state index contributed by atoms with van der Waals surface area (Å²) < 4.78 is 10.3. The fourth-order valence-electron chi connectivity index (χ4n) is 2.35. The minimum atomic E-state index is -0.419. The van der Waals surface area contributed by atoms with Crippen molar-refractivity contribution in [2.24, 2.45) is 0 Å². The Kier molecular flexibility index (Phi) is 7.27. The predicted molar refractivity (Wildman–Crippen MR) is 112 cm³/mol. The van der Waals surface area contributed by atoms with E-state index in [0.717, 1.165) is 5.69 Å². The molecule has 2 rings (SSSR count). The van der Waals surface area contributed by atoms with Crippen molar-refractivity contribution in [3.63, 3.8) is 0 Å². The minimum absolute atomic E-state index is 0.257. The molecule has 0 heterocycles. The smallest absolute Gasteiger partial charge is 0.269 e. The van der Waals surface area contributed by atoms with Crippen molar-refractivity contribution in [3.8, 4) is 11.5 Å². The van der Waals surface area contributed by atoms with E-state index in [2.05, 4.69) is 30.0 Å². The van der Waals surface area contributed by atoms with Crippen molar-refractivity contribution in [3.05, 3.63) is 52.5 Å². The molecule has 0 aliphatic carbocycles. The Morgan fingerprint density at radius 1 is 1.07 bits per heavy atom. The third-order valence-corrected chi connectivity index (χ3v) is 4.31. The molecule has 8 heteroatoms. The van der Waals surface area contributed by atoms with Crippen LogP contribution in [0.15, 0.2) is 36.4 Å². The molecule has 0 radical (unpaired) electrons. The molecule has 6 nitrogen and oxygen atoms in total. The van der Waals surface area contributed by atoms with Crippen LogP contribution in [0, 0.1) is 0 Å². The van der Waals surface area contributed by atoms with Crippen molar-refractivity contribution in [1.29, 1.82) is 0 Å². The standard InChI is InChI=1S/C19H22ClN3O3S/c1-11(2)12-5-7-14(8-6-12)21-19(27)23-22-18(24)13-9-15(20)17(26-4)16(10-13)25-3/h5-11H,1-4H3,(H,22,24)(H2,21,23,27). The number of hydrogen-bond acceptors (Lipinski definition) is 4. The van der Waals surface area contributed by atoms with Crippen LogP contribution in [0.1, 0.15) is 35.7 Å². The molecular weight excluding hydrogens is 386 g/mol. The second-order valence-electron chi connectivity index (χ2n) is 6.00. The van der Waals surface area contributed by atoms with Gasteiger partial charge in [0.25, 0.3) is 5.91 Å². The number of ether oxygens (including phenoxy) is 2. The number of thiocarbonyl (C=S) groups is 1. The fraction of sp³-hybridized carbons (Fsp3) is 0.263. The number of hydrogen-bond donors (Lipinski definition) is 3. The lowest BCUT2D eigenvalue weighted by Crippen LogP contribution is -2.43. The summed E-state index contributed by atoms with van der Waals surface area (Å²) in [6, 6.07) is 10.9. The van der Waals surface area contributed by atoms with E-state index in [1.54, 1.807) is 0 Å². The summed E-state index contributed by atoms with van der Waals surface area (Å²) in [4.78, 5) is 12.3. The van der Waals surface area contributed by atoms with Crippen molar-refractivity contribution in [1.82, 2.24) is 10.9 Å². The number of amides is 1. The number of nitrogens with one attached hydrogen (secondary N) is 3. The van der Waals surface area contributed by atoms with Gasteiger partial charge in [-0.1, -0.05) is 37.6 Å². The molecule has 3 N–H and O–H groups in total. The SMILES string of the molecule is COc1cc(C(=O)NNC(=S)Nc2ccc(C(C)C)cc2)cc(Cl)c1OC. The van der Waals surface area contributed by atoms with Gasteiger partial charge >= 0.3 is 0 Å². The van der Waals surface area contributed by atoms with Crippen molar-refractivity contribution in [2.45, 2.75) is 19.8 Å². The molecule has 0 bridgehead atoms. The molecule has 27 heavy (non-hydrogen) atoms. The lowest BCUT2D eigenvalue weighted by Gasteiger charge is -2.14. The van der Waals surface area contributed by atoms with E-state index in [1.807, 2.05) is 24.3 Å². The summed E-state index contributed by atoms with van der Waals surface area (Å²) in [6.07, 6.45) is 0. The maximum Gasteiger partial charge on any atom is 0.269 e. The van der Waals surface area contributed by atoms with E-state index < -0.39 is 5.91 Å². The second-order valence-corrected chi connectivity index (χ2v) is 6.82. The molecule has 0 spiro atoms. The van der Waals surface area contributed by atoms with Gasteiger partial charge in [-0.15, -0.1) is 0 Å². The quantitative estimate of drug-likeness (QED) is 0.511. The van der Waals surface area contributed by atoms with Crippen LogP contribution in [0.25, 0.3) is 0 Å². The van der Waals surface area contributed by atoms with Gasteiger partial charge in [0.15, 0.2) is 16.6 Å². The van der Waals surface area contributed by atoms with Crippen LogP contribution in [-0.4, -0.2) is 25.2 Å². The first-order valence-corrected chi connectivity index (χ1v) is 9.03. The molecule has 2 aromatic carbocycles. The molecular formula is C19H22ClN3O3S. The maximum absolute atomic E-state index is 12.3. The molecule has 0 aromatic heterocycles. The average Bonchev–Trinajstić information content (AvgIpc) is 2.65. The fourth-order valence-corrected chi connectivity index (χ4v) is 2.81. The van der Waals surface area contributed by atoms with Gasteiger partial charge in [-0.2, -0.15) is 0 Å². The Hall–Kier alpha value is -2.51. The van der Waals surface area contributed by atoms with E-state index in [4.69, 9.17) is 33.3 Å².